The lowest BCUT2D eigenvalue weighted by molar-refractivity contribution is 1.09. The zero-order valence-corrected chi connectivity index (χ0v) is 22.5. The predicted molar refractivity (Wildman–Crippen MR) is 163 cm³/mol. The van der Waals surface area contributed by atoms with E-state index in [2.05, 4.69) is 118 Å². The van der Waals surface area contributed by atoms with Crippen LogP contribution in [0.15, 0.2) is 126 Å². The maximum Gasteiger partial charge on any atom is 0.0652 e. The number of aryl methyl sites for hydroxylation is 2. The van der Waals surface area contributed by atoms with E-state index < -0.39 is 0 Å². The van der Waals surface area contributed by atoms with Crippen LogP contribution in [0.5, 0.6) is 0 Å². The van der Waals surface area contributed by atoms with Crippen LogP contribution in [-0.2, 0) is 0 Å². The van der Waals surface area contributed by atoms with Crippen molar-refractivity contribution in [3.05, 3.63) is 149 Å². The third-order valence-corrected chi connectivity index (χ3v) is 7.11. The number of hydrogen-bond acceptors (Lipinski definition) is 3. The van der Waals surface area contributed by atoms with Crippen LogP contribution in [0.3, 0.4) is 0 Å². The maximum absolute atomic E-state index is 4.87. The fourth-order valence-corrected chi connectivity index (χ4v) is 4.62. The molecule has 188 valence electrons. The zero-order valence-electron chi connectivity index (χ0n) is 22.5. The van der Waals surface area contributed by atoms with Crippen LogP contribution in [-0.4, -0.2) is 6.21 Å². The summed E-state index contributed by atoms with van der Waals surface area (Å²) < 4.78 is 0. The van der Waals surface area contributed by atoms with Crippen molar-refractivity contribution in [2.24, 2.45) is 5.10 Å². The van der Waals surface area contributed by atoms with Crippen molar-refractivity contribution in [2.75, 3.05) is 9.91 Å². The standard InChI is InChI=1S/C35H33N3/c1-26-13-11-19-34(28(26)3)37(35-20-12-14-27(2)29(35)4)31-23-21-30(22-24-31)25-36-38(32-15-7-5-8-16-32)33-17-9-6-10-18-33/h5-25H,1-4H3. The third-order valence-electron chi connectivity index (χ3n) is 7.11. The number of hydrogen-bond donors (Lipinski definition) is 0. The monoisotopic (exact) mass is 495 g/mol. The Morgan fingerprint density at radius 3 is 1.42 bits per heavy atom. The van der Waals surface area contributed by atoms with Crippen LogP contribution in [0.25, 0.3) is 0 Å². The number of rotatable bonds is 7. The minimum atomic E-state index is 1.02. The van der Waals surface area contributed by atoms with Crippen LogP contribution in [0, 0.1) is 27.7 Å². The first-order chi connectivity index (χ1) is 18.5. The fraction of sp³-hybridized carbons (Fsp3) is 0.114. The van der Waals surface area contributed by atoms with Gasteiger partial charge in [-0.05, 0) is 104 Å². The molecule has 0 N–H and O–H groups in total. The summed E-state index contributed by atoms with van der Waals surface area (Å²) in [5.41, 5.74) is 11.7. The Labute approximate surface area is 226 Å². The molecule has 5 aromatic carbocycles. The molecule has 0 aliphatic rings. The van der Waals surface area contributed by atoms with Crippen molar-refractivity contribution in [3.63, 3.8) is 0 Å². The van der Waals surface area contributed by atoms with Crippen molar-refractivity contribution in [1.82, 2.24) is 0 Å². The average Bonchev–Trinajstić information content (AvgIpc) is 2.95. The molecular weight excluding hydrogens is 462 g/mol. The second-order valence-electron chi connectivity index (χ2n) is 9.59. The molecule has 0 amide bonds. The largest absolute Gasteiger partial charge is 0.310 e. The summed E-state index contributed by atoms with van der Waals surface area (Å²) in [5.74, 6) is 0. The summed E-state index contributed by atoms with van der Waals surface area (Å²) in [5, 5.41) is 6.84. The molecule has 5 aromatic rings. The molecule has 0 aliphatic heterocycles. The van der Waals surface area contributed by atoms with Gasteiger partial charge in [0.1, 0.15) is 0 Å². The Morgan fingerprint density at radius 1 is 0.474 bits per heavy atom. The average molecular weight is 496 g/mol. The summed E-state index contributed by atoms with van der Waals surface area (Å²) in [6, 6.07) is 42.1. The molecule has 0 heterocycles. The Bertz CT molecular complexity index is 1450. The summed E-state index contributed by atoms with van der Waals surface area (Å²) >= 11 is 0. The fourth-order valence-electron chi connectivity index (χ4n) is 4.62. The van der Waals surface area contributed by atoms with E-state index in [0.29, 0.717) is 0 Å². The Kier molecular flexibility index (Phi) is 7.37. The van der Waals surface area contributed by atoms with Gasteiger partial charge in [0.15, 0.2) is 0 Å². The van der Waals surface area contributed by atoms with Gasteiger partial charge in [0.05, 0.1) is 17.6 Å². The van der Waals surface area contributed by atoms with E-state index in [9.17, 15) is 0 Å². The third kappa shape index (κ3) is 5.23. The zero-order chi connectivity index (χ0) is 26.5. The highest BCUT2D eigenvalue weighted by Gasteiger charge is 2.17. The molecule has 0 saturated carbocycles. The topological polar surface area (TPSA) is 18.8 Å². The van der Waals surface area contributed by atoms with E-state index in [1.807, 2.05) is 47.6 Å². The van der Waals surface area contributed by atoms with Crippen molar-refractivity contribution in [2.45, 2.75) is 27.7 Å². The van der Waals surface area contributed by atoms with Crippen molar-refractivity contribution >= 4 is 34.7 Å². The van der Waals surface area contributed by atoms with Crippen LogP contribution < -0.4 is 9.91 Å². The van der Waals surface area contributed by atoms with Crippen LogP contribution in [0.2, 0.25) is 0 Å². The normalized spacial score (nSPS) is 11.1. The van der Waals surface area contributed by atoms with Gasteiger partial charge in [-0.15, -0.1) is 0 Å². The van der Waals surface area contributed by atoms with Gasteiger partial charge in [0, 0.05) is 17.1 Å². The first-order valence-electron chi connectivity index (χ1n) is 13.0. The molecule has 0 atom stereocenters. The minimum absolute atomic E-state index is 1.02. The summed E-state index contributed by atoms with van der Waals surface area (Å²) in [4.78, 5) is 2.37. The Hall–Kier alpha value is -4.63. The van der Waals surface area contributed by atoms with Gasteiger partial charge >= 0.3 is 0 Å². The minimum Gasteiger partial charge on any atom is -0.310 e. The molecule has 38 heavy (non-hydrogen) atoms. The van der Waals surface area contributed by atoms with Gasteiger partial charge in [0.2, 0.25) is 0 Å². The van der Waals surface area contributed by atoms with Gasteiger partial charge in [-0.2, -0.15) is 5.10 Å². The van der Waals surface area contributed by atoms with Gasteiger partial charge in [-0.3, -0.25) is 0 Å². The molecule has 0 fully saturated rings. The van der Waals surface area contributed by atoms with E-state index >= 15 is 0 Å². The molecule has 3 nitrogen and oxygen atoms in total. The highest BCUT2D eigenvalue weighted by Crippen LogP contribution is 2.39. The second-order valence-corrected chi connectivity index (χ2v) is 9.59. The summed E-state index contributed by atoms with van der Waals surface area (Å²) in [7, 11) is 0. The molecule has 5 rings (SSSR count). The van der Waals surface area contributed by atoms with E-state index in [1.54, 1.807) is 0 Å². The highest BCUT2D eigenvalue weighted by molar-refractivity contribution is 5.85. The molecule has 0 bridgehead atoms. The molecule has 0 spiro atoms. The Balaban J connectivity index is 1.52. The van der Waals surface area contributed by atoms with E-state index in [0.717, 1.165) is 22.6 Å². The van der Waals surface area contributed by atoms with E-state index in [1.165, 1.54) is 33.6 Å². The Morgan fingerprint density at radius 2 is 0.947 bits per heavy atom. The SMILES string of the molecule is Cc1cccc(N(c2ccc(C=NN(c3ccccc3)c3ccccc3)cc2)c2cccc(C)c2C)c1C. The molecule has 0 unspecified atom stereocenters. The predicted octanol–water partition coefficient (Wildman–Crippen LogP) is 9.56. The van der Waals surface area contributed by atoms with E-state index in [-0.39, 0.29) is 0 Å². The van der Waals surface area contributed by atoms with Crippen LogP contribution in [0.4, 0.5) is 28.4 Å². The first-order valence-corrected chi connectivity index (χ1v) is 13.0. The lowest BCUT2D eigenvalue weighted by atomic mass is 10.0. The van der Waals surface area contributed by atoms with Crippen molar-refractivity contribution in [3.8, 4) is 0 Å². The van der Waals surface area contributed by atoms with Crippen molar-refractivity contribution in [1.29, 1.82) is 0 Å². The summed E-state index contributed by atoms with van der Waals surface area (Å²) in [6.07, 6.45) is 1.92. The molecule has 0 aliphatic carbocycles. The molecule has 0 aromatic heterocycles. The van der Waals surface area contributed by atoms with Gasteiger partial charge in [-0.25, -0.2) is 5.01 Å². The first kappa shape index (κ1) is 25.0. The lowest BCUT2D eigenvalue weighted by Crippen LogP contribution is -2.13. The van der Waals surface area contributed by atoms with Crippen molar-refractivity contribution < 1.29 is 0 Å². The highest BCUT2D eigenvalue weighted by atomic mass is 15.5. The number of benzene rings is 5. The summed E-state index contributed by atoms with van der Waals surface area (Å²) in [6.45, 7) is 8.74. The number of para-hydroxylation sites is 2. The van der Waals surface area contributed by atoms with Crippen LogP contribution >= 0.6 is 0 Å². The smallest absolute Gasteiger partial charge is 0.0652 e. The molecule has 0 radical (unpaired) electrons. The molecule has 3 heteroatoms. The quantitative estimate of drug-likeness (QED) is 0.165. The maximum atomic E-state index is 4.87. The second kappa shape index (κ2) is 11.2. The number of nitrogens with zero attached hydrogens (tertiary/aromatic N) is 3. The molecular formula is C35H33N3. The number of anilines is 5. The van der Waals surface area contributed by atoms with Gasteiger partial charge < -0.3 is 4.90 Å². The lowest BCUT2D eigenvalue weighted by Gasteiger charge is -2.29. The number of hydrazone groups is 1. The van der Waals surface area contributed by atoms with Crippen LogP contribution in [0.1, 0.15) is 27.8 Å². The van der Waals surface area contributed by atoms with E-state index in [4.69, 9.17) is 5.10 Å². The van der Waals surface area contributed by atoms with Gasteiger partial charge in [-0.1, -0.05) is 72.8 Å². The van der Waals surface area contributed by atoms with Gasteiger partial charge in [0.25, 0.3) is 0 Å². The molecule has 0 saturated heterocycles.